The molecule has 0 aliphatic heterocycles. The normalized spacial score (nSPS) is 11.0. The molecule has 2 aromatic carbocycles. The van der Waals surface area contributed by atoms with E-state index in [-0.39, 0.29) is 21.8 Å². The Balaban J connectivity index is 1.98. The molecule has 2 aromatic rings. The smallest absolute Gasteiger partial charge is 0.338 e. The van der Waals surface area contributed by atoms with Gasteiger partial charge in [-0.15, -0.1) is 0 Å². The van der Waals surface area contributed by atoms with Crippen LogP contribution in [0.2, 0.25) is 5.02 Å². The highest BCUT2D eigenvalue weighted by molar-refractivity contribution is 6.31. The number of rotatable bonds is 5. The lowest BCUT2D eigenvalue weighted by atomic mass is 9.87. The van der Waals surface area contributed by atoms with Gasteiger partial charge in [0.15, 0.2) is 6.61 Å². The molecule has 0 unspecified atom stereocenters. The van der Waals surface area contributed by atoms with Crippen molar-refractivity contribution in [1.29, 1.82) is 0 Å². The van der Waals surface area contributed by atoms with Gasteiger partial charge in [0.2, 0.25) is 0 Å². The van der Waals surface area contributed by atoms with Crippen molar-refractivity contribution in [2.24, 2.45) is 0 Å². The predicted octanol–water partition coefficient (Wildman–Crippen LogP) is 4.34. The topological polar surface area (TPSA) is 98.5 Å². The van der Waals surface area contributed by atoms with E-state index < -0.39 is 23.4 Å². The van der Waals surface area contributed by atoms with Gasteiger partial charge in [0.25, 0.3) is 11.6 Å². The standard InChI is InChI=1S/C19H19ClN2O5/c1-19(2,3)13-6-4-12(5-7-13)18(24)27-11-17(23)21-15-9-8-14(20)10-16(15)22(25)26/h4-10H,11H2,1-3H3,(H,21,23). The van der Waals surface area contributed by atoms with E-state index in [1.165, 1.54) is 12.1 Å². The number of esters is 1. The first-order valence-corrected chi connectivity index (χ1v) is 8.47. The summed E-state index contributed by atoms with van der Waals surface area (Å²) < 4.78 is 4.96. The number of nitrogens with one attached hydrogen (secondary N) is 1. The molecule has 0 atom stereocenters. The second-order valence-corrected chi connectivity index (χ2v) is 7.31. The van der Waals surface area contributed by atoms with Gasteiger partial charge < -0.3 is 10.1 Å². The molecule has 1 amide bonds. The average Bonchev–Trinajstić information content (AvgIpc) is 2.60. The van der Waals surface area contributed by atoms with Gasteiger partial charge in [-0.1, -0.05) is 44.5 Å². The van der Waals surface area contributed by atoms with Gasteiger partial charge in [-0.25, -0.2) is 4.79 Å². The Labute approximate surface area is 161 Å². The van der Waals surface area contributed by atoms with Crippen LogP contribution in [0, 0.1) is 10.1 Å². The summed E-state index contributed by atoms with van der Waals surface area (Å²) in [6.07, 6.45) is 0. The minimum atomic E-state index is -0.694. The lowest BCUT2D eigenvalue weighted by molar-refractivity contribution is -0.383. The summed E-state index contributed by atoms with van der Waals surface area (Å²) in [5, 5.41) is 13.5. The summed E-state index contributed by atoms with van der Waals surface area (Å²) in [6, 6.07) is 10.8. The number of amides is 1. The molecule has 0 fully saturated rings. The zero-order chi connectivity index (χ0) is 20.2. The molecule has 0 spiro atoms. The summed E-state index contributed by atoms with van der Waals surface area (Å²) in [5.74, 6) is -1.35. The highest BCUT2D eigenvalue weighted by Gasteiger charge is 2.18. The first-order chi connectivity index (χ1) is 12.6. The van der Waals surface area contributed by atoms with Crippen LogP contribution in [0.25, 0.3) is 0 Å². The van der Waals surface area contributed by atoms with Gasteiger partial charge in [-0.3, -0.25) is 14.9 Å². The fraction of sp³-hybridized carbons (Fsp3) is 0.263. The van der Waals surface area contributed by atoms with E-state index >= 15 is 0 Å². The molecular formula is C19H19ClN2O5. The molecule has 0 bridgehead atoms. The Kier molecular flexibility index (Phi) is 6.17. The fourth-order valence-corrected chi connectivity index (χ4v) is 2.43. The van der Waals surface area contributed by atoms with Crippen LogP contribution in [-0.4, -0.2) is 23.4 Å². The van der Waals surface area contributed by atoms with Crippen molar-refractivity contribution in [2.45, 2.75) is 26.2 Å². The fourth-order valence-electron chi connectivity index (χ4n) is 2.27. The maximum Gasteiger partial charge on any atom is 0.338 e. The molecule has 0 saturated carbocycles. The number of halogens is 1. The minimum Gasteiger partial charge on any atom is -0.452 e. The van der Waals surface area contributed by atoms with Crippen molar-refractivity contribution >= 4 is 34.9 Å². The van der Waals surface area contributed by atoms with E-state index in [0.717, 1.165) is 11.6 Å². The molecule has 0 aliphatic rings. The average molecular weight is 391 g/mol. The molecular weight excluding hydrogens is 372 g/mol. The summed E-state index contributed by atoms with van der Waals surface area (Å²) in [4.78, 5) is 34.4. The van der Waals surface area contributed by atoms with Crippen molar-refractivity contribution in [3.63, 3.8) is 0 Å². The summed E-state index contributed by atoms with van der Waals surface area (Å²) in [7, 11) is 0. The highest BCUT2D eigenvalue weighted by atomic mass is 35.5. The van der Waals surface area contributed by atoms with E-state index in [0.29, 0.717) is 5.56 Å². The summed E-state index contributed by atoms with van der Waals surface area (Å²) in [6.45, 7) is 5.60. The van der Waals surface area contributed by atoms with Crippen molar-refractivity contribution in [2.75, 3.05) is 11.9 Å². The number of ether oxygens (including phenoxy) is 1. The molecule has 7 nitrogen and oxygen atoms in total. The van der Waals surface area contributed by atoms with Crippen LogP contribution in [0.15, 0.2) is 42.5 Å². The molecule has 27 heavy (non-hydrogen) atoms. The van der Waals surface area contributed by atoms with Crippen LogP contribution in [0.1, 0.15) is 36.7 Å². The number of nitrogens with zero attached hydrogens (tertiary/aromatic N) is 1. The van der Waals surface area contributed by atoms with Crippen molar-refractivity contribution in [1.82, 2.24) is 0 Å². The van der Waals surface area contributed by atoms with Gasteiger partial charge in [-0.2, -0.15) is 0 Å². The number of benzene rings is 2. The zero-order valence-electron chi connectivity index (χ0n) is 15.1. The third kappa shape index (κ3) is 5.52. The summed E-state index contributed by atoms with van der Waals surface area (Å²) in [5.41, 5.74) is 0.954. The van der Waals surface area contributed by atoms with Crippen LogP contribution in [0.5, 0.6) is 0 Å². The van der Waals surface area contributed by atoms with Gasteiger partial charge in [0.05, 0.1) is 10.5 Å². The maximum absolute atomic E-state index is 12.1. The predicted molar refractivity (Wildman–Crippen MR) is 102 cm³/mol. The lowest BCUT2D eigenvalue weighted by Crippen LogP contribution is -2.21. The van der Waals surface area contributed by atoms with Crippen molar-refractivity contribution in [3.05, 3.63) is 68.7 Å². The molecule has 2 rings (SSSR count). The Morgan fingerprint density at radius 2 is 1.78 bits per heavy atom. The van der Waals surface area contributed by atoms with E-state index in [2.05, 4.69) is 26.1 Å². The second-order valence-electron chi connectivity index (χ2n) is 6.87. The largest absolute Gasteiger partial charge is 0.452 e. The minimum absolute atomic E-state index is 0.0278. The Morgan fingerprint density at radius 3 is 2.33 bits per heavy atom. The van der Waals surface area contributed by atoms with Gasteiger partial charge in [-0.05, 0) is 35.2 Å². The molecule has 0 heterocycles. The van der Waals surface area contributed by atoms with Crippen LogP contribution < -0.4 is 5.32 Å². The van der Waals surface area contributed by atoms with Crippen LogP contribution in [0.3, 0.4) is 0 Å². The van der Waals surface area contributed by atoms with E-state index in [1.807, 2.05) is 12.1 Å². The van der Waals surface area contributed by atoms with Crippen molar-refractivity contribution < 1.29 is 19.2 Å². The number of nitro benzene ring substituents is 1. The second kappa shape index (κ2) is 8.18. The SMILES string of the molecule is CC(C)(C)c1ccc(C(=O)OCC(=O)Nc2ccc(Cl)cc2[N+](=O)[O-])cc1. The van der Waals surface area contributed by atoms with Crippen LogP contribution in [-0.2, 0) is 14.9 Å². The maximum atomic E-state index is 12.1. The Bertz CT molecular complexity index is 873. The number of anilines is 1. The number of nitro groups is 1. The molecule has 1 N–H and O–H groups in total. The van der Waals surface area contributed by atoms with Crippen molar-refractivity contribution in [3.8, 4) is 0 Å². The van der Waals surface area contributed by atoms with E-state index in [9.17, 15) is 19.7 Å². The van der Waals surface area contributed by atoms with Crippen LogP contribution in [0.4, 0.5) is 11.4 Å². The molecule has 0 aliphatic carbocycles. The van der Waals surface area contributed by atoms with E-state index in [4.69, 9.17) is 16.3 Å². The number of hydrogen-bond acceptors (Lipinski definition) is 5. The molecule has 142 valence electrons. The highest BCUT2D eigenvalue weighted by Crippen LogP contribution is 2.27. The van der Waals surface area contributed by atoms with Gasteiger partial charge in [0, 0.05) is 11.1 Å². The van der Waals surface area contributed by atoms with Crippen LogP contribution >= 0.6 is 11.6 Å². The first kappa shape index (κ1) is 20.4. The Hall–Kier alpha value is -2.93. The molecule has 8 heteroatoms. The number of carbonyl (C=O) groups excluding carboxylic acids is 2. The summed E-state index contributed by atoms with van der Waals surface area (Å²) >= 11 is 5.72. The van der Waals surface area contributed by atoms with E-state index in [1.54, 1.807) is 12.1 Å². The number of carbonyl (C=O) groups is 2. The van der Waals surface area contributed by atoms with Gasteiger partial charge >= 0.3 is 5.97 Å². The molecule has 0 radical (unpaired) electrons. The van der Waals surface area contributed by atoms with Gasteiger partial charge in [0.1, 0.15) is 5.69 Å². The molecule has 0 saturated heterocycles. The third-order valence-electron chi connectivity index (χ3n) is 3.75. The monoisotopic (exact) mass is 390 g/mol. The quantitative estimate of drug-likeness (QED) is 0.465. The zero-order valence-corrected chi connectivity index (χ0v) is 15.9. The molecule has 0 aromatic heterocycles. The Morgan fingerprint density at radius 1 is 1.15 bits per heavy atom. The number of hydrogen-bond donors (Lipinski definition) is 1. The third-order valence-corrected chi connectivity index (χ3v) is 3.99. The first-order valence-electron chi connectivity index (χ1n) is 8.09. The lowest BCUT2D eigenvalue weighted by Gasteiger charge is -2.18.